The average molecular weight is 466 g/mol. The van der Waals surface area contributed by atoms with E-state index in [1.54, 1.807) is 31.2 Å². The summed E-state index contributed by atoms with van der Waals surface area (Å²) in [6, 6.07) is 7.03. The van der Waals surface area contributed by atoms with Gasteiger partial charge in [-0.15, -0.1) is 11.3 Å². The van der Waals surface area contributed by atoms with E-state index in [0.717, 1.165) is 11.3 Å². The van der Waals surface area contributed by atoms with Crippen LogP contribution in [-0.2, 0) is 11.3 Å². The Bertz CT molecular complexity index is 1340. The van der Waals surface area contributed by atoms with Crippen molar-refractivity contribution in [2.75, 3.05) is 17.7 Å². The minimum atomic E-state index is -0.439. The molecular weight excluding hydrogens is 442 g/mol. The third-order valence-electron chi connectivity index (χ3n) is 5.06. The van der Waals surface area contributed by atoms with Crippen molar-refractivity contribution in [3.8, 4) is 5.75 Å². The van der Waals surface area contributed by atoms with Crippen LogP contribution >= 0.6 is 11.3 Å². The summed E-state index contributed by atoms with van der Waals surface area (Å²) in [5.74, 6) is 0.614. The molecule has 0 saturated heterocycles. The minimum Gasteiger partial charge on any atom is -0.489 e. The number of ether oxygens (including phenoxy) is 2. The van der Waals surface area contributed by atoms with Gasteiger partial charge < -0.3 is 20.5 Å². The first-order chi connectivity index (χ1) is 15.9. The fraction of sp³-hybridized carbons (Fsp3) is 0.217. The quantitative estimate of drug-likeness (QED) is 0.348. The Hall–Kier alpha value is -3.92. The Morgan fingerprint density at radius 1 is 1.24 bits per heavy atom. The van der Waals surface area contributed by atoms with Gasteiger partial charge in [0, 0.05) is 40.0 Å². The number of nitrogens with two attached hydrogens (primary N) is 1. The molecule has 4 rings (SSSR count). The highest BCUT2D eigenvalue weighted by Gasteiger charge is 2.19. The second-order valence-corrected chi connectivity index (χ2v) is 8.23. The maximum atomic E-state index is 12.7. The highest BCUT2D eigenvalue weighted by molar-refractivity contribution is 7.17. The zero-order valence-corrected chi connectivity index (χ0v) is 19.2. The molecule has 0 saturated carbocycles. The van der Waals surface area contributed by atoms with Gasteiger partial charge in [0.1, 0.15) is 18.2 Å². The first-order valence-electron chi connectivity index (χ1n) is 10.3. The van der Waals surface area contributed by atoms with Gasteiger partial charge in [-0.2, -0.15) is 5.10 Å². The highest BCUT2D eigenvalue weighted by Crippen LogP contribution is 2.34. The summed E-state index contributed by atoms with van der Waals surface area (Å²) in [6.07, 6.45) is 1.43. The Kier molecular flexibility index (Phi) is 6.27. The van der Waals surface area contributed by atoms with Crippen LogP contribution in [-0.4, -0.2) is 33.7 Å². The first kappa shape index (κ1) is 22.3. The number of aromatic amines is 1. The number of anilines is 2. The lowest BCUT2D eigenvalue weighted by molar-refractivity contribution is 0.0528. The Balaban J connectivity index is 1.56. The maximum Gasteiger partial charge on any atom is 0.341 e. The van der Waals surface area contributed by atoms with Crippen molar-refractivity contribution in [3.05, 3.63) is 63.8 Å². The maximum absolute atomic E-state index is 12.7. The zero-order valence-electron chi connectivity index (χ0n) is 18.4. The molecule has 3 heterocycles. The number of hydrogen-bond acceptors (Lipinski definition) is 8. The van der Waals surface area contributed by atoms with Crippen molar-refractivity contribution >= 4 is 44.9 Å². The minimum absolute atomic E-state index is 0.197. The number of aryl methyl sites for hydroxylation is 1. The number of esters is 1. The van der Waals surface area contributed by atoms with Gasteiger partial charge in [0.2, 0.25) is 0 Å². The van der Waals surface area contributed by atoms with E-state index in [2.05, 4.69) is 20.5 Å². The fourth-order valence-corrected chi connectivity index (χ4v) is 4.49. The second kappa shape index (κ2) is 9.29. The number of fused-ring (bicyclic) bond motifs is 1. The van der Waals surface area contributed by atoms with E-state index in [-0.39, 0.29) is 19.1 Å². The smallest absolute Gasteiger partial charge is 0.341 e. The number of H-pyrrole nitrogens is 1. The van der Waals surface area contributed by atoms with Crippen molar-refractivity contribution in [1.82, 2.24) is 15.2 Å². The second-order valence-electron chi connectivity index (χ2n) is 7.35. The van der Waals surface area contributed by atoms with Crippen molar-refractivity contribution < 1.29 is 19.1 Å². The molecular formula is C23H23N5O4S. The molecule has 10 heteroatoms. The van der Waals surface area contributed by atoms with E-state index in [1.165, 1.54) is 17.5 Å². The Morgan fingerprint density at radius 3 is 2.79 bits per heavy atom. The molecule has 4 N–H and O–H groups in total. The number of nitrogen functional groups attached to an aromatic ring is 1. The lowest BCUT2D eigenvalue weighted by Gasteiger charge is -2.12. The number of hydrogen-bond donors (Lipinski definition) is 3. The third-order valence-corrected chi connectivity index (χ3v) is 6.12. The molecule has 0 spiro atoms. The molecule has 0 aliphatic carbocycles. The van der Waals surface area contributed by atoms with Crippen LogP contribution in [0.4, 0.5) is 11.6 Å². The van der Waals surface area contributed by atoms with Gasteiger partial charge in [0.05, 0.1) is 16.9 Å². The third kappa shape index (κ3) is 4.51. The molecule has 0 aliphatic heterocycles. The Morgan fingerprint density at radius 2 is 2.06 bits per heavy atom. The SMILES string of the molecule is CCOC(=O)c1cnc(N)c2c(COc3cccc(C(=O)Nc4cc(C)[nH]n4)c3C)csc12. The van der Waals surface area contributed by atoms with Crippen LogP contribution in [0.15, 0.2) is 35.8 Å². The molecule has 0 radical (unpaired) electrons. The van der Waals surface area contributed by atoms with Gasteiger partial charge in [-0.3, -0.25) is 9.89 Å². The van der Waals surface area contributed by atoms with E-state index < -0.39 is 5.97 Å². The average Bonchev–Trinajstić information content (AvgIpc) is 3.40. The normalized spacial score (nSPS) is 10.9. The predicted octanol–water partition coefficient (Wildman–Crippen LogP) is 4.23. The van der Waals surface area contributed by atoms with E-state index >= 15 is 0 Å². The summed E-state index contributed by atoms with van der Waals surface area (Å²) in [4.78, 5) is 29.1. The molecule has 9 nitrogen and oxygen atoms in total. The number of amides is 1. The van der Waals surface area contributed by atoms with E-state index in [0.29, 0.717) is 44.2 Å². The molecule has 1 amide bonds. The molecule has 170 valence electrons. The van der Waals surface area contributed by atoms with Crippen LogP contribution in [0, 0.1) is 13.8 Å². The highest BCUT2D eigenvalue weighted by atomic mass is 32.1. The van der Waals surface area contributed by atoms with Crippen molar-refractivity contribution in [1.29, 1.82) is 0 Å². The van der Waals surface area contributed by atoms with Gasteiger partial charge >= 0.3 is 5.97 Å². The number of thiophene rings is 1. The molecule has 0 unspecified atom stereocenters. The monoisotopic (exact) mass is 465 g/mol. The molecule has 4 aromatic rings. The topological polar surface area (TPSA) is 132 Å². The summed E-state index contributed by atoms with van der Waals surface area (Å²) >= 11 is 1.38. The van der Waals surface area contributed by atoms with Crippen LogP contribution < -0.4 is 15.8 Å². The van der Waals surface area contributed by atoms with Crippen LogP contribution in [0.5, 0.6) is 5.75 Å². The number of nitrogens with zero attached hydrogens (tertiary/aromatic N) is 2. The number of carbonyl (C=O) groups excluding carboxylic acids is 2. The van der Waals surface area contributed by atoms with Crippen molar-refractivity contribution in [3.63, 3.8) is 0 Å². The van der Waals surface area contributed by atoms with E-state index in [9.17, 15) is 9.59 Å². The van der Waals surface area contributed by atoms with Crippen molar-refractivity contribution in [2.24, 2.45) is 0 Å². The van der Waals surface area contributed by atoms with Crippen molar-refractivity contribution in [2.45, 2.75) is 27.4 Å². The van der Waals surface area contributed by atoms with Crippen LogP contribution in [0.25, 0.3) is 10.1 Å². The molecule has 0 fully saturated rings. The molecule has 0 atom stereocenters. The molecule has 0 aliphatic rings. The molecule has 3 aromatic heterocycles. The van der Waals surface area contributed by atoms with Gasteiger partial charge in [-0.05, 0) is 38.3 Å². The van der Waals surface area contributed by atoms with Gasteiger partial charge in [-0.1, -0.05) is 6.07 Å². The number of carbonyl (C=O) groups is 2. The van der Waals surface area contributed by atoms with Crippen LogP contribution in [0.3, 0.4) is 0 Å². The largest absolute Gasteiger partial charge is 0.489 e. The van der Waals surface area contributed by atoms with E-state index in [1.807, 2.05) is 19.2 Å². The number of aromatic nitrogens is 3. The summed E-state index contributed by atoms with van der Waals surface area (Å²) in [6.45, 7) is 5.90. The molecule has 1 aromatic carbocycles. The molecule has 0 bridgehead atoms. The zero-order chi connectivity index (χ0) is 23.5. The lowest BCUT2D eigenvalue weighted by atomic mass is 10.1. The number of nitrogens with one attached hydrogen (secondary N) is 2. The summed E-state index contributed by atoms with van der Waals surface area (Å²) in [5.41, 5.74) is 9.31. The summed E-state index contributed by atoms with van der Waals surface area (Å²) in [7, 11) is 0. The van der Waals surface area contributed by atoms with Gasteiger partial charge in [-0.25, -0.2) is 9.78 Å². The number of rotatable bonds is 7. The predicted molar refractivity (Wildman–Crippen MR) is 127 cm³/mol. The van der Waals surface area contributed by atoms with Crippen LogP contribution in [0.2, 0.25) is 0 Å². The standard InChI is InChI=1S/C23H23N5O4S/c1-4-31-23(30)16-9-25-21(24)19-14(11-33-20(16)19)10-32-17-7-5-6-15(13(17)3)22(29)26-18-8-12(2)27-28-18/h5-9,11H,4,10H2,1-3H3,(H2,24,25)(H2,26,27,28,29). The number of pyridine rings is 1. The first-order valence-corrected chi connectivity index (χ1v) is 11.1. The van der Waals surface area contributed by atoms with E-state index in [4.69, 9.17) is 15.2 Å². The molecule has 33 heavy (non-hydrogen) atoms. The van der Waals surface area contributed by atoms with Gasteiger partial charge in [0.15, 0.2) is 5.82 Å². The summed E-state index contributed by atoms with van der Waals surface area (Å²) < 4.78 is 11.9. The van der Waals surface area contributed by atoms with Gasteiger partial charge in [0.25, 0.3) is 5.91 Å². The Labute approximate surface area is 193 Å². The number of benzene rings is 1. The summed E-state index contributed by atoms with van der Waals surface area (Å²) in [5, 5.41) is 12.2. The van der Waals surface area contributed by atoms with Crippen LogP contribution in [0.1, 0.15) is 44.5 Å². The fourth-order valence-electron chi connectivity index (χ4n) is 3.43. The lowest BCUT2D eigenvalue weighted by Crippen LogP contribution is -2.14.